The molecule has 0 radical (unpaired) electrons. The number of nitrogens with zero attached hydrogens (tertiary/aromatic N) is 9. The van der Waals surface area contributed by atoms with Gasteiger partial charge in [-0.1, -0.05) is 0 Å². The minimum absolute atomic E-state index is 0.210. The molecule has 57 heavy (non-hydrogen) atoms. The molecule has 5 heterocycles. The highest BCUT2D eigenvalue weighted by Crippen LogP contribution is 2.41. The van der Waals surface area contributed by atoms with Crippen molar-refractivity contribution < 1.29 is 28.6 Å². The molecule has 2 aromatic carbocycles. The number of benzene rings is 2. The van der Waals surface area contributed by atoms with Gasteiger partial charge in [0.15, 0.2) is 5.69 Å². The van der Waals surface area contributed by atoms with Gasteiger partial charge in [-0.3, -0.25) is 34.4 Å². The van der Waals surface area contributed by atoms with E-state index in [4.69, 9.17) is 36.5 Å². The van der Waals surface area contributed by atoms with Crippen molar-refractivity contribution >= 4 is 57.4 Å². The average Bonchev–Trinajstić information content (AvgIpc) is 3.97. The van der Waals surface area contributed by atoms with Crippen molar-refractivity contribution in [2.75, 3.05) is 37.6 Å². The van der Waals surface area contributed by atoms with Gasteiger partial charge in [-0.15, -0.1) is 0 Å². The molecule has 1 atom stereocenters. The fourth-order valence-corrected chi connectivity index (χ4v) is 7.21. The summed E-state index contributed by atoms with van der Waals surface area (Å²) in [6.45, 7) is 17.5. The molecule has 1 aliphatic heterocycles. The first-order valence-corrected chi connectivity index (χ1v) is 18.8. The molecule has 0 bridgehead atoms. The lowest BCUT2D eigenvalue weighted by Gasteiger charge is -2.27. The number of amides is 3. The number of nitrogens with two attached hydrogens (primary N) is 1. The molecule has 0 aliphatic carbocycles. The van der Waals surface area contributed by atoms with Gasteiger partial charge in [-0.25, -0.2) is 14.8 Å². The lowest BCUT2D eigenvalue weighted by atomic mass is 10.1. The first kappa shape index (κ1) is 38.5. The van der Waals surface area contributed by atoms with E-state index in [0.717, 1.165) is 5.69 Å². The van der Waals surface area contributed by atoms with E-state index < -0.39 is 11.8 Å². The summed E-state index contributed by atoms with van der Waals surface area (Å²) < 4.78 is 24.7. The van der Waals surface area contributed by atoms with Gasteiger partial charge in [0.25, 0.3) is 11.8 Å². The third-order valence-corrected chi connectivity index (χ3v) is 9.74. The van der Waals surface area contributed by atoms with Crippen LogP contribution in [0.3, 0.4) is 0 Å². The maximum Gasteiger partial charge on any atom is 0.276 e. The fraction of sp³-hybridized carbons (Fsp3) is 0.385. The Balaban J connectivity index is 1.24. The molecule has 18 heteroatoms. The normalized spacial score (nSPS) is 13.4. The number of anilines is 2. The summed E-state index contributed by atoms with van der Waals surface area (Å²) in [5.41, 5.74) is 10.7. The molecule has 3 amide bonds. The van der Waals surface area contributed by atoms with Crippen molar-refractivity contribution in [3.8, 4) is 11.5 Å². The van der Waals surface area contributed by atoms with E-state index in [1.54, 1.807) is 52.9 Å². The summed E-state index contributed by atoms with van der Waals surface area (Å²) in [5, 5.41) is 14.8. The van der Waals surface area contributed by atoms with Crippen molar-refractivity contribution in [1.29, 1.82) is 0 Å². The molecular weight excluding hydrogens is 733 g/mol. The Bertz CT molecular complexity index is 2560. The van der Waals surface area contributed by atoms with E-state index in [2.05, 4.69) is 25.7 Å². The van der Waals surface area contributed by atoms with Gasteiger partial charge in [0.1, 0.15) is 40.5 Å². The Labute approximate surface area is 327 Å². The van der Waals surface area contributed by atoms with E-state index in [-0.39, 0.29) is 30.1 Å². The zero-order valence-corrected chi connectivity index (χ0v) is 32.5. The van der Waals surface area contributed by atoms with Crippen LogP contribution in [0.2, 0.25) is 0 Å². The van der Waals surface area contributed by atoms with Crippen molar-refractivity contribution in [1.82, 2.24) is 38.7 Å². The highest BCUT2D eigenvalue weighted by Gasteiger charge is 2.30. The summed E-state index contributed by atoms with van der Waals surface area (Å²) in [7, 11) is 1.61. The maximum atomic E-state index is 13.7. The van der Waals surface area contributed by atoms with Gasteiger partial charge in [0.05, 0.1) is 41.6 Å². The van der Waals surface area contributed by atoms with E-state index in [1.165, 1.54) is 0 Å². The Morgan fingerprint density at radius 3 is 2.18 bits per heavy atom. The molecule has 4 N–H and O–H groups in total. The van der Waals surface area contributed by atoms with E-state index in [1.807, 2.05) is 36.8 Å². The van der Waals surface area contributed by atoms with E-state index in [0.29, 0.717) is 114 Å². The highest BCUT2D eigenvalue weighted by atomic mass is 16.5. The van der Waals surface area contributed by atoms with Gasteiger partial charge < -0.3 is 29.1 Å². The standard InChI is InChI=1S/C39H44N12O6/c1-7-49-29(15-22(3)46-49)36(53)44-38-42-27-17-24(35(40)52)18-31(56-14-10-13-55-6)33(27)48(38)12-9-11-26-21-57-32-20-25(41-5)19-28-34(32)51(26)39(43-28)45-37(54)30-16-23(4)47-50(30)8-2/h15-20,26H,7-14,21H2,1-4,6H3,(H2,40,52)(H,42,44,53)(H,43,45,54)/t26-/m0/s1. The predicted molar refractivity (Wildman–Crippen MR) is 211 cm³/mol. The molecule has 0 fully saturated rings. The SMILES string of the molecule is [C-]#[N+]c1cc2c3c(c1)nc(NC(=O)c1cc(C)nn1CC)n3[C@@H](CCCn1c(NC(=O)c3cc(C)nn3CC)nc3cc(C(N)=O)cc(OCCCOC)c31)CO2. The summed E-state index contributed by atoms with van der Waals surface area (Å²) in [6.07, 6.45) is 1.68. The number of imidazole rings is 2. The minimum atomic E-state index is -0.647. The summed E-state index contributed by atoms with van der Waals surface area (Å²) in [5.74, 6) is 0.0486. The van der Waals surface area contributed by atoms with Crippen molar-refractivity contribution in [3.63, 3.8) is 0 Å². The number of carbonyl (C=O) groups excluding carboxylic acids is 3. The molecule has 0 spiro atoms. The second-order valence-electron chi connectivity index (χ2n) is 13.7. The Hall–Kier alpha value is -6.74. The monoisotopic (exact) mass is 776 g/mol. The third-order valence-electron chi connectivity index (χ3n) is 9.74. The van der Waals surface area contributed by atoms with Gasteiger partial charge >= 0.3 is 0 Å². The van der Waals surface area contributed by atoms with Crippen LogP contribution >= 0.6 is 0 Å². The maximum absolute atomic E-state index is 13.7. The second kappa shape index (κ2) is 16.2. The van der Waals surface area contributed by atoms with Crippen LogP contribution in [0.15, 0.2) is 36.4 Å². The first-order chi connectivity index (χ1) is 27.5. The number of hydrogen-bond acceptors (Lipinski definition) is 10. The largest absolute Gasteiger partial charge is 0.491 e. The van der Waals surface area contributed by atoms with Crippen LogP contribution in [0.1, 0.15) is 81.9 Å². The molecular formula is C39H44N12O6. The molecule has 0 saturated carbocycles. The molecule has 4 aromatic heterocycles. The number of methoxy groups -OCH3 is 1. The first-order valence-electron chi connectivity index (χ1n) is 18.8. The van der Waals surface area contributed by atoms with Crippen LogP contribution in [0.5, 0.6) is 11.5 Å². The van der Waals surface area contributed by atoms with Crippen molar-refractivity contribution in [2.45, 2.75) is 72.6 Å². The number of primary amides is 1. The second-order valence-corrected chi connectivity index (χ2v) is 13.7. The lowest BCUT2D eigenvalue weighted by molar-refractivity contribution is 0.0994. The van der Waals surface area contributed by atoms with Gasteiger partial charge in [-0.05, 0) is 76.9 Å². The van der Waals surface area contributed by atoms with Crippen molar-refractivity contribution in [2.24, 2.45) is 5.73 Å². The predicted octanol–water partition coefficient (Wildman–Crippen LogP) is 5.42. The average molecular weight is 777 g/mol. The number of fused-ring (bicyclic) bond motifs is 1. The van der Waals surface area contributed by atoms with E-state index >= 15 is 0 Å². The van der Waals surface area contributed by atoms with Crippen LogP contribution in [-0.2, 0) is 24.4 Å². The molecule has 18 nitrogen and oxygen atoms in total. The highest BCUT2D eigenvalue weighted by molar-refractivity contribution is 6.05. The van der Waals surface area contributed by atoms with Crippen molar-refractivity contribution in [3.05, 3.63) is 76.2 Å². The number of aryl methyl sites for hydroxylation is 5. The van der Waals surface area contributed by atoms with Crippen LogP contribution in [-0.4, -0.2) is 83.3 Å². The quantitative estimate of drug-likeness (QED) is 0.0841. The van der Waals surface area contributed by atoms with Gasteiger partial charge in [0, 0.05) is 45.3 Å². The van der Waals surface area contributed by atoms with Crippen LogP contribution < -0.4 is 25.8 Å². The summed E-state index contributed by atoms with van der Waals surface area (Å²) in [6, 6.07) is 9.68. The molecule has 296 valence electrons. The lowest BCUT2D eigenvalue weighted by Crippen LogP contribution is -2.26. The minimum Gasteiger partial charge on any atom is -0.491 e. The number of aromatic nitrogens is 8. The summed E-state index contributed by atoms with van der Waals surface area (Å²) in [4.78, 5) is 53.0. The smallest absolute Gasteiger partial charge is 0.276 e. The summed E-state index contributed by atoms with van der Waals surface area (Å²) >= 11 is 0. The number of carbonyl (C=O) groups is 3. The molecule has 0 saturated heterocycles. The molecule has 6 aromatic rings. The topological polar surface area (TPSA) is 205 Å². The zero-order valence-electron chi connectivity index (χ0n) is 32.5. The fourth-order valence-electron chi connectivity index (χ4n) is 7.21. The third kappa shape index (κ3) is 7.61. The number of rotatable bonds is 16. The number of nitrogens with one attached hydrogen (secondary N) is 2. The molecule has 0 unspecified atom stereocenters. The molecule has 7 rings (SSSR count). The van der Waals surface area contributed by atoms with Crippen LogP contribution in [0.25, 0.3) is 26.9 Å². The molecule has 1 aliphatic rings. The van der Waals surface area contributed by atoms with E-state index in [9.17, 15) is 14.4 Å². The van der Waals surface area contributed by atoms with Crippen LogP contribution in [0.4, 0.5) is 17.6 Å². The Kier molecular flexibility index (Phi) is 10.9. The number of hydrogen-bond donors (Lipinski definition) is 3. The number of ether oxygens (including phenoxy) is 3. The van der Waals surface area contributed by atoms with Gasteiger partial charge in [-0.2, -0.15) is 10.2 Å². The Morgan fingerprint density at radius 1 is 0.895 bits per heavy atom. The van der Waals surface area contributed by atoms with Crippen LogP contribution in [0, 0.1) is 20.4 Å². The Morgan fingerprint density at radius 2 is 1.54 bits per heavy atom. The zero-order chi connectivity index (χ0) is 40.4. The van der Waals surface area contributed by atoms with Gasteiger partial charge in [0.2, 0.25) is 17.8 Å².